The van der Waals surface area contributed by atoms with Crippen LogP contribution in [0.1, 0.15) is 250 Å². The number of alkyl halides is 1. The Morgan fingerprint density at radius 3 is 0.993 bits per heavy atom. The molecular weight excluding hydrogens is 1990 g/mol. The first-order valence-corrected chi connectivity index (χ1v) is 63.8. The van der Waals surface area contributed by atoms with Crippen LogP contribution in [0.2, 0.25) is 0 Å². The van der Waals surface area contributed by atoms with Crippen LogP contribution in [0.5, 0.6) is 0 Å². The van der Waals surface area contributed by atoms with E-state index in [0.717, 1.165) is 225 Å². The highest BCUT2D eigenvalue weighted by molar-refractivity contribution is 7.93. The summed E-state index contributed by atoms with van der Waals surface area (Å²) in [5.74, 6) is 3.72. The number of primary amides is 1. The van der Waals surface area contributed by atoms with Gasteiger partial charge in [-0.3, -0.25) is 28.8 Å². The SMILES string of the molecule is CC(C)S(=O)(=O)CC1CCC(C(=O)Cc2ccc(-n3ccc4ccccc43)cc2)CC1.CC(C)S(=O)(=O)CC1CCC(C(=O)Cc2ccc(-n3cccn3)cc2)CC1.CC(C)S(=O)(=O)CC1CCC(C(=O)Cc2ccc(N3CCC(N)C3)cc2)CC1.CC(C)S(=O)(=O)CC1CCC(C(=O)Cc2ccc(N3CCC[C@H]3C(N)=O)cc2)CC1.CC(C)S(=O)(=O)CC1CCC(C(=O)Cc2ccc(N3CCc4ccccc43)cc2)CC1.CCl. The Kier molecular flexibility index (Phi) is 43.5. The Morgan fingerprint density at radius 1 is 0.342 bits per heavy atom. The van der Waals surface area contributed by atoms with Crippen LogP contribution in [0, 0.1) is 59.2 Å². The Bertz CT molecular complexity index is 6460. The van der Waals surface area contributed by atoms with E-state index < -0.39 is 49.2 Å². The van der Waals surface area contributed by atoms with Crippen LogP contribution in [0.25, 0.3) is 22.3 Å². The molecule has 17 rings (SSSR count). The molecule has 30 heteroatoms. The molecule has 9 aromatic rings. The molecular formula is C119H163ClN8O16S5. The van der Waals surface area contributed by atoms with E-state index in [2.05, 4.69) is 140 Å². The number of aromatic nitrogens is 3. The quantitative estimate of drug-likeness (QED) is 0.0344. The van der Waals surface area contributed by atoms with Gasteiger partial charge >= 0.3 is 0 Å². The van der Waals surface area contributed by atoms with Crippen LogP contribution >= 0.6 is 11.6 Å². The topological polar surface area (TPSA) is 358 Å². The van der Waals surface area contributed by atoms with Gasteiger partial charge in [0.2, 0.25) is 5.91 Å². The molecule has 7 aromatic carbocycles. The summed E-state index contributed by atoms with van der Waals surface area (Å²) in [6.07, 6.45) is 29.7. The number of ketones is 5. The van der Waals surface area contributed by atoms with Crippen molar-refractivity contribution in [2.24, 2.45) is 70.6 Å². The lowest BCUT2D eigenvalue weighted by Gasteiger charge is -2.28. The molecule has 812 valence electrons. The van der Waals surface area contributed by atoms with Crippen molar-refractivity contribution in [3.63, 3.8) is 0 Å². The molecule has 2 atom stereocenters. The zero-order valence-corrected chi connectivity index (χ0v) is 94.4. The maximum Gasteiger partial charge on any atom is 0.240 e. The minimum Gasteiger partial charge on any atom is -0.370 e. The van der Waals surface area contributed by atoms with E-state index in [0.29, 0.717) is 43.7 Å². The lowest BCUT2D eigenvalue weighted by molar-refractivity contribution is -0.124. The third-order valence-electron chi connectivity index (χ3n) is 32.4. The molecule has 0 bridgehead atoms. The molecule has 0 radical (unpaired) electrons. The minimum atomic E-state index is -3.02. The summed E-state index contributed by atoms with van der Waals surface area (Å²) in [4.78, 5) is 82.1. The summed E-state index contributed by atoms with van der Waals surface area (Å²) in [5.41, 5.74) is 25.8. The number of amides is 1. The van der Waals surface area contributed by atoms with Crippen LogP contribution in [-0.4, -0.2) is 191 Å². The minimum absolute atomic E-state index is 0.0282. The molecule has 5 saturated carbocycles. The predicted molar refractivity (Wildman–Crippen MR) is 605 cm³/mol. The number of carbonyl (C=O) groups is 6. The van der Waals surface area contributed by atoms with Gasteiger partial charge in [-0.05, 0) is 377 Å². The van der Waals surface area contributed by atoms with Crippen molar-refractivity contribution in [3.8, 4) is 11.4 Å². The largest absolute Gasteiger partial charge is 0.370 e. The number of nitrogens with zero attached hydrogens (tertiary/aromatic N) is 6. The highest BCUT2D eigenvalue weighted by Gasteiger charge is 2.38. The fourth-order valence-electron chi connectivity index (χ4n) is 22.3. The molecule has 2 saturated heterocycles. The number of para-hydroxylation sites is 2. The van der Waals surface area contributed by atoms with Crippen molar-refractivity contribution in [1.29, 1.82) is 0 Å². The van der Waals surface area contributed by atoms with Gasteiger partial charge in [-0.2, -0.15) is 5.10 Å². The predicted octanol–water partition coefficient (Wildman–Crippen LogP) is 20.8. The van der Waals surface area contributed by atoms with Crippen molar-refractivity contribution >= 4 is 129 Å². The lowest BCUT2D eigenvalue weighted by Crippen LogP contribution is -2.40. The molecule has 24 nitrogen and oxygen atoms in total. The van der Waals surface area contributed by atoms with Gasteiger partial charge in [-0.15, -0.1) is 11.6 Å². The lowest BCUT2D eigenvalue weighted by atomic mass is 9.79. The number of sulfone groups is 5. The third-order valence-corrected chi connectivity index (χ3v) is 44.2. The van der Waals surface area contributed by atoms with E-state index in [9.17, 15) is 70.9 Å². The molecule has 149 heavy (non-hydrogen) atoms. The Hall–Kier alpha value is -9.49. The normalized spacial score (nSPS) is 22.2. The summed E-state index contributed by atoms with van der Waals surface area (Å²) in [6, 6.07) is 61.5. The van der Waals surface area contributed by atoms with Crippen molar-refractivity contribution < 1.29 is 70.9 Å². The van der Waals surface area contributed by atoms with Gasteiger partial charge in [0.15, 0.2) is 49.2 Å². The van der Waals surface area contributed by atoms with Crippen LogP contribution in [0.4, 0.5) is 22.7 Å². The van der Waals surface area contributed by atoms with Crippen LogP contribution in [0.3, 0.4) is 0 Å². The maximum atomic E-state index is 12.8. The standard InChI is InChI=1S/C26H33NO3S.C26H31NO3S.C23H34N2O4S.C22H34N2O3S.C21H28N2O3S.CH3Cl/c2*1-19(2)31(29,30)18-21-7-11-23(12-8-21)26(28)17-20-9-13-24(14-10-20)27-16-15-22-5-3-4-6-25(22)27;1-16(2)30(28,29)15-18-5-9-19(10-6-18)22(26)14-17-7-11-20(12-8-17)25-13-3-4-21(25)23(24)27;1-16(2)28(26,27)15-18-3-7-19(8-4-18)22(25)13-17-5-9-21(10-6-17)24-12-11-20(23)14-24;1-16(2)27(25,26)15-18-4-8-19(9-5-18)21(24)14-17-6-10-20(11-7-17)23-13-3-12-22-23;1-2/h3-6,9-10,13-14,19,21,23H,7-8,11-12,15-18H2,1-2H3;3-6,9-10,13-16,19,21,23H,7-8,11-12,17-18H2,1-2H3;7-8,11-12,16,18-19,21H,3-6,9-10,13-15H2,1-2H3,(H2,24,27);5-6,9-10,16,18-20H,3-4,7-8,11-15,23H2,1-2H3;3,6-7,10-13,16,18-19H,4-5,8-9,14-15H2,1-2H3;1H3/t;;18?,19?,21-;;;/m..0.../s1. The number of carbonyl (C=O) groups excluding carboxylic acids is 6. The number of hydrogen-bond donors (Lipinski definition) is 2. The number of hydrogen-bond acceptors (Lipinski definition) is 21. The van der Waals surface area contributed by atoms with Crippen LogP contribution < -0.4 is 26.2 Å². The van der Waals surface area contributed by atoms with Crippen LogP contribution in [-0.2, 0) is 116 Å². The van der Waals surface area contributed by atoms with Gasteiger partial charge in [-0.25, -0.2) is 46.8 Å². The summed E-state index contributed by atoms with van der Waals surface area (Å²) in [5, 5.41) is 3.81. The highest BCUT2D eigenvalue weighted by Crippen LogP contribution is 2.41. The summed E-state index contributed by atoms with van der Waals surface area (Å²) in [6.45, 7) is 21.1. The Morgan fingerprint density at radius 2 is 0.664 bits per heavy atom. The number of halogens is 1. The average Bonchev–Trinajstić information content (AvgIpc) is 1.66. The number of anilines is 4. The van der Waals surface area contributed by atoms with E-state index in [4.69, 9.17) is 11.5 Å². The first-order valence-electron chi connectivity index (χ1n) is 54.5. The molecule has 8 aliphatic rings. The second-order valence-corrected chi connectivity index (χ2v) is 57.5. The number of rotatable bonds is 36. The number of Topliss-reactive ketones (excluding diaryl/α,β-unsaturated/α-hetero) is 5. The molecule has 0 spiro atoms. The second-order valence-electron chi connectivity index (χ2n) is 44.5. The van der Waals surface area contributed by atoms with Crippen molar-refractivity contribution in [3.05, 3.63) is 234 Å². The number of benzene rings is 7. The zero-order valence-electron chi connectivity index (χ0n) is 89.5. The fourth-order valence-corrected chi connectivity index (χ4v) is 29.2. The molecule has 5 heterocycles. The van der Waals surface area contributed by atoms with Gasteiger partial charge < -0.3 is 30.7 Å². The highest BCUT2D eigenvalue weighted by atomic mass is 35.5. The molecule has 5 aliphatic carbocycles. The molecule has 7 fully saturated rings. The van der Waals surface area contributed by atoms with Crippen molar-refractivity contribution in [2.45, 2.75) is 294 Å². The fraction of sp³-hybridized carbons (Fsp3) is 0.555. The monoisotopic (exact) mass is 2160 g/mol. The summed E-state index contributed by atoms with van der Waals surface area (Å²) < 4.78 is 125. The first-order chi connectivity index (χ1) is 70.9. The van der Waals surface area contributed by atoms with Crippen LogP contribution in [0.15, 0.2) is 201 Å². The number of fused-ring (bicyclic) bond motifs is 2. The van der Waals surface area contributed by atoms with Crippen molar-refractivity contribution in [1.82, 2.24) is 14.3 Å². The molecule has 3 aliphatic heterocycles. The van der Waals surface area contributed by atoms with E-state index >= 15 is 0 Å². The zero-order chi connectivity index (χ0) is 108. The number of nitrogens with two attached hydrogens (primary N) is 2. The second kappa shape index (κ2) is 54.9. The van der Waals surface area contributed by atoms with Crippen molar-refractivity contribution in [2.75, 3.05) is 76.0 Å². The van der Waals surface area contributed by atoms with Gasteiger partial charge in [-0.1, -0.05) is 97.1 Å². The Balaban J connectivity index is 0.000000165. The van der Waals surface area contributed by atoms with E-state index in [1.807, 2.05) is 90.0 Å². The Labute approximate surface area is 893 Å². The smallest absolute Gasteiger partial charge is 0.240 e. The van der Waals surface area contributed by atoms with E-state index in [1.165, 1.54) is 39.9 Å². The average molecular weight is 2160 g/mol. The summed E-state index contributed by atoms with van der Waals surface area (Å²) in [7, 11) is -15.0. The van der Waals surface area contributed by atoms with Gasteiger partial charge in [0.05, 0.1) is 66.2 Å². The molecule has 4 N–H and O–H groups in total. The third kappa shape index (κ3) is 34.0. The summed E-state index contributed by atoms with van der Waals surface area (Å²) >= 11 is 4.64. The van der Waals surface area contributed by atoms with Gasteiger partial charge in [0.25, 0.3) is 0 Å². The van der Waals surface area contributed by atoms with Gasteiger partial charge in [0, 0.05) is 147 Å². The molecule has 1 unspecified atom stereocenters. The molecule has 2 aromatic heterocycles. The van der Waals surface area contributed by atoms with E-state index in [1.54, 1.807) is 80.1 Å². The molecule has 1 amide bonds. The van der Waals surface area contributed by atoms with E-state index in [-0.39, 0.29) is 150 Å². The first kappa shape index (κ1) is 118. The van der Waals surface area contributed by atoms with Gasteiger partial charge in [0.1, 0.15) is 35.0 Å². The maximum absolute atomic E-state index is 12.8.